The maximum Gasteiger partial charge on any atom is 0.0473 e. The molecule has 0 aromatic heterocycles. The fourth-order valence-electron chi connectivity index (χ4n) is 0.267. The number of thiol groups is 2. The highest BCUT2D eigenvalue weighted by Gasteiger charge is 1.91. The smallest absolute Gasteiger partial charge is 0.0473 e. The van der Waals surface area contributed by atoms with Crippen molar-refractivity contribution in [1.29, 1.82) is 0 Å². The highest BCUT2D eigenvalue weighted by atomic mass is 32.2. The van der Waals surface area contributed by atoms with E-state index in [1.165, 1.54) is 0 Å². The molecule has 0 unspecified atom stereocenters. The molecule has 0 fully saturated rings. The van der Waals surface area contributed by atoms with Crippen molar-refractivity contribution >= 4 is 25.3 Å². The van der Waals surface area contributed by atoms with Crippen LogP contribution in [-0.4, -0.2) is 4.58 Å². The minimum absolute atomic E-state index is 0.127. The average molecular weight is 134 g/mol. The molecule has 0 rings (SSSR count). The highest BCUT2D eigenvalue weighted by Crippen LogP contribution is 2.07. The van der Waals surface area contributed by atoms with Crippen molar-refractivity contribution in [2.75, 3.05) is 0 Å². The lowest BCUT2D eigenvalue weighted by Gasteiger charge is -1.96. The van der Waals surface area contributed by atoms with Gasteiger partial charge >= 0.3 is 0 Å². The summed E-state index contributed by atoms with van der Waals surface area (Å²) in [5, 5.41) is 0. The first-order chi connectivity index (χ1) is 3.27. The number of unbranched alkanes of at least 4 members (excludes halogenated alkanes) is 1. The van der Waals surface area contributed by atoms with Gasteiger partial charge in [0.2, 0.25) is 0 Å². The van der Waals surface area contributed by atoms with Crippen LogP contribution in [0.15, 0.2) is 0 Å². The van der Waals surface area contributed by atoms with Crippen LogP contribution in [-0.2, 0) is 0 Å². The second kappa shape index (κ2) is 4.85. The Morgan fingerprint density at radius 1 is 1.57 bits per heavy atom. The maximum absolute atomic E-state index is 4.01. The summed E-state index contributed by atoms with van der Waals surface area (Å²) in [6.07, 6.45) is 3.97. The molecule has 0 saturated carbocycles. The number of rotatable bonds is 3. The van der Waals surface area contributed by atoms with E-state index in [1.807, 2.05) is 6.42 Å². The van der Waals surface area contributed by atoms with Gasteiger partial charge in [0, 0.05) is 4.58 Å². The Balaban J connectivity index is 2.68. The van der Waals surface area contributed by atoms with Gasteiger partial charge in [0.15, 0.2) is 0 Å². The van der Waals surface area contributed by atoms with Crippen LogP contribution in [0.2, 0.25) is 0 Å². The summed E-state index contributed by atoms with van der Waals surface area (Å²) in [7, 11) is 0. The van der Waals surface area contributed by atoms with Crippen molar-refractivity contribution in [2.24, 2.45) is 0 Å². The van der Waals surface area contributed by atoms with Crippen molar-refractivity contribution in [3.8, 4) is 0 Å². The normalized spacial score (nSPS) is 10.3. The first kappa shape index (κ1) is 7.70. The van der Waals surface area contributed by atoms with E-state index >= 15 is 0 Å². The first-order valence-corrected chi connectivity index (χ1v) is 3.29. The second-order valence-electron chi connectivity index (χ2n) is 1.29. The van der Waals surface area contributed by atoms with Gasteiger partial charge in [-0.15, -0.1) is 0 Å². The van der Waals surface area contributed by atoms with Crippen LogP contribution < -0.4 is 0 Å². The summed E-state index contributed by atoms with van der Waals surface area (Å²) in [4.78, 5) is 0. The third-order valence-electron chi connectivity index (χ3n) is 0.582. The minimum Gasteiger partial charge on any atom is -0.165 e. The summed E-state index contributed by atoms with van der Waals surface area (Å²) < 4.78 is 0.127. The predicted molar refractivity (Wildman–Crippen MR) is 40.7 cm³/mol. The van der Waals surface area contributed by atoms with Crippen LogP contribution in [0.5, 0.6) is 0 Å². The molecule has 7 heavy (non-hydrogen) atoms. The van der Waals surface area contributed by atoms with E-state index in [0.717, 1.165) is 12.8 Å². The Kier molecular flexibility index (Phi) is 5.33. The molecule has 42 valence electrons. The predicted octanol–water partition coefficient (Wildman–Crippen LogP) is 1.99. The van der Waals surface area contributed by atoms with E-state index in [-0.39, 0.29) is 4.58 Å². The van der Waals surface area contributed by atoms with Crippen molar-refractivity contribution < 1.29 is 0 Å². The van der Waals surface area contributed by atoms with Gasteiger partial charge in [0.1, 0.15) is 0 Å². The average Bonchev–Trinajstić information content (AvgIpc) is 1.61. The largest absolute Gasteiger partial charge is 0.165 e. The van der Waals surface area contributed by atoms with E-state index in [1.54, 1.807) is 0 Å². The van der Waals surface area contributed by atoms with Gasteiger partial charge in [-0.1, -0.05) is 13.3 Å². The lowest BCUT2D eigenvalue weighted by Crippen LogP contribution is -1.85. The van der Waals surface area contributed by atoms with Crippen LogP contribution >= 0.6 is 25.3 Å². The summed E-state index contributed by atoms with van der Waals surface area (Å²) in [5.74, 6) is 0. The van der Waals surface area contributed by atoms with E-state index in [0.29, 0.717) is 0 Å². The quantitative estimate of drug-likeness (QED) is 0.428. The Labute approximate surface area is 56.5 Å². The van der Waals surface area contributed by atoms with E-state index in [4.69, 9.17) is 0 Å². The molecule has 0 aromatic rings. The summed E-state index contributed by atoms with van der Waals surface area (Å²) >= 11 is 8.03. The SMILES string of the molecule is [CH2]CC[CH]C(S)S. The third kappa shape index (κ3) is 6.70. The molecule has 0 nitrogen and oxygen atoms in total. The Morgan fingerprint density at radius 2 is 2.14 bits per heavy atom. The summed E-state index contributed by atoms with van der Waals surface area (Å²) in [6, 6.07) is 0. The molecule has 0 atom stereocenters. The van der Waals surface area contributed by atoms with Crippen molar-refractivity contribution in [1.82, 2.24) is 0 Å². The third-order valence-corrected chi connectivity index (χ3v) is 1.00. The zero-order chi connectivity index (χ0) is 5.70. The summed E-state index contributed by atoms with van der Waals surface area (Å²) in [5.41, 5.74) is 0. The fourth-order valence-corrected chi connectivity index (χ4v) is 0.565. The molecule has 0 aliphatic carbocycles. The Hall–Kier alpha value is 0.700. The molecule has 2 heteroatoms. The zero-order valence-corrected chi connectivity index (χ0v) is 5.96. The van der Waals surface area contributed by atoms with Gasteiger partial charge in [-0.25, -0.2) is 0 Å². The molecule has 0 spiro atoms. The monoisotopic (exact) mass is 134 g/mol. The van der Waals surface area contributed by atoms with Gasteiger partial charge in [0.05, 0.1) is 0 Å². The lowest BCUT2D eigenvalue weighted by molar-refractivity contribution is 0.966. The molecule has 0 aromatic carbocycles. The van der Waals surface area contributed by atoms with Crippen LogP contribution in [0.4, 0.5) is 0 Å². The van der Waals surface area contributed by atoms with E-state index in [2.05, 4.69) is 32.2 Å². The maximum atomic E-state index is 4.01. The molecule has 0 saturated heterocycles. The second-order valence-corrected chi connectivity index (χ2v) is 2.81. The Morgan fingerprint density at radius 3 is 2.29 bits per heavy atom. The zero-order valence-electron chi connectivity index (χ0n) is 4.17. The molecule has 0 amide bonds. The van der Waals surface area contributed by atoms with Crippen molar-refractivity contribution in [2.45, 2.75) is 17.4 Å². The Bertz CT molecular complexity index is 35.1. The molecule has 2 radical (unpaired) electrons. The lowest BCUT2D eigenvalue weighted by atomic mass is 10.3. The van der Waals surface area contributed by atoms with Gasteiger partial charge < -0.3 is 0 Å². The van der Waals surface area contributed by atoms with Gasteiger partial charge in [-0.2, -0.15) is 25.3 Å². The van der Waals surface area contributed by atoms with Crippen LogP contribution in [0.3, 0.4) is 0 Å². The minimum atomic E-state index is 0.127. The van der Waals surface area contributed by atoms with Gasteiger partial charge in [-0.05, 0) is 12.8 Å². The van der Waals surface area contributed by atoms with Crippen molar-refractivity contribution in [3.63, 3.8) is 0 Å². The molecule has 0 aliphatic rings. The topological polar surface area (TPSA) is 0 Å². The molecule has 0 N–H and O–H groups in total. The standard InChI is InChI=1S/C5H10S2/c1-2-3-4-5(6)7/h4-7H,1-3H2. The first-order valence-electron chi connectivity index (χ1n) is 2.26. The van der Waals surface area contributed by atoms with Crippen molar-refractivity contribution in [3.05, 3.63) is 13.3 Å². The molecular formula is C5H10S2. The molecule has 0 bridgehead atoms. The molecule has 0 aliphatic heterocycles. The van der Waals surface area contributed by atoms with E-state index < -0.39 is 0 Å². The molecular weight excluding hydrogens is 124 g/mol. The van der Waals surface area contributed by atoms with Crippen LogP contribution in [0.1, 0.15) is 12.8 Å². The fraction of sp³-hybridized carbons (Fsp3) is 0.600. The van der Waals surface area contributed by atoms with Crippen LogP contribution in [0, 0.1) is 13.3 Å². The molecule has 0 heterocycles. The number of hydrogen-bond donors (Lipinski definition) is 2. The number of hydrogen-bond acceptors (Lipinski definition) is 2. The van der Waals surface area contributed by atoms with Crippen LogP contribution in [0.25, 0.3) is 0 Å². The van der Waals surface area contributed by atoms with Gasteiger partial charge in [0.25, 0.3) is 0 Å². The van der Waals surface area contributed by atoms with E-state index in [9.17, 15) is 0 Å². The van der Waals surface area contributed by atoms with Gasteiger partial charge in [-0.3, -0.25) is 0 Å². The highest BCUT2D eigenvalue weighted by molar-refractivity contribution is 7.99. The summed E-state index contributed by atoms with van der Waals surface area (Å²) in [6.45, 7) is 3.66.